The van der Waals surface area contributed by atoms with Gasteiger partial charge >= 0.3 is 0 Å². The van der Waals surface area contributed by atoms with Crippen molar-refractivity contribution in [3.05, 3.63) is 0 Å². The van der Waals surface area contributed by atoms with Crippen LogP contribution >= 0.6 is 0 Å². The number of unbranched alkanes of at least 4 members (excludes halogenated alkanes) is 4. The van der Waals surface area contributed by atoms with Crippen molar-refractivity contribution in [3.8, 4) is 0 Å². The smallest absolute Gasteiger partial charge is 0.219 e. The molecule has 0 aromatic heterocycles. The van der Waals surface area contributed by atoms with E-state index in [9.17, 15) is 9.59 Å². The van der Waals surface area contributed by atoms with Gasteiger partial charge in [-0.15, -0.1) is 0 Å². The predicted molar refractivity (Wildman–Crippen MR) is 111 cm³/mol. The van der Waals surface area contributed by atoms with E-state index in [-0.39, 0.29) is 30.1 Å². The molecule has 4 unspecified atom stereocenters. The van der Waals surface area contributed by atoms with Gasteiger partial charge in [0.2, 0.25) is 11.8 Å². The molecule has 2 amide bonds. The van der Waals surface area contributed by atoms with E-state index < -0.39 is 6.29 Å². The first-order valence-corrected chi connectivity index (χ1v) is 10.8. The zero-order valence-electron chi connectivity index (χ0n) is 18.5. The maximum atomic E-state index is 11.9. The van der Waals surface area contributed by atoms with Crippen LogP contribution in [0.4, 0.5) is 0 Å². The van der Waals surface area contributed by atoms with Gasteiger partial charge in [-0.1, -0.05) is 26.2 Å². The number of carbonyl (C=O) groups is 2. The molecule has 1 aliphatic rings. The molecule has 1 heterocycles. The lowest BCUT2D eigenvalue weighted by atomic mass is 10.00. The Morgan fingerprint density at radius 3 is 2.55 bits per heavy atom. The first-order chi connectivity index (χ1) is 14.0. The third-order valence-electron chi connectivity index (χ3n) is 4.97. The number of methoxy groups -OCH3 is 2. The van der Waals surface area contributed by atoms with Gasteiger partial charge in [0, 0.05) is 47.1 Å². The third kappa shape index (κ3) is 10.9. The molecule has 0 aromatic carbocycles. The molecule has 8 nitrogen and oxygen atoms in total. The van der Waals surface area contributed by atoms with Crippen LogP contribution in [0.25, 0.3) is 0 Å². The van der Waals surface area contributed by atoms with Crippen LogP contribution in [0.5, 0.6) is 0 Å². The van der Waals surface area contributed by atoms with Crippen molar-refractivity contribution < 1.29 is 28.5 Å². The summed E-state index contributed by atoms with van der Waals surface area (Å²) in [6, 6.07) is -0.378. The van der Waals surface area contributed by atoms with Crippen LogP contribution in [0.2, 0.25) is 0 Å². The molecule has 4 atom stereocenters. The Kier molecular flexibility index (Phi) is 13.9. The van der Waals surface area contributed by atoms with Gasteiger partial charge in [-0.25, -0.2) is 0 Å². The Hall–Kier alpha value is -1.22. The number of hydrogen-bond acceptors (Lipinski definition) is 6. The van der Waals surface area contributed by atoms with Crippen molar-refractivity contribution in [2.24, 2.45) is 0 Å². The van der Waals surface area contributed by atoms with E-state index in [0.717, 1.165) is 32.2 Å². The second-order valence-electron chi connectivity index (χ2n) is 7.56. The van der Waals surface area contributed by atoms with Gasteiger partial charge in [0.25, 0.3) is 0 Å². The normalized spacial score (nSPS) is 24.3. The Labute approximate surface area is 175 Å². The van der Waals surface area contributed by atoms with Crippen molar-refractivity contribution in [1.82, 2.24) is 10.6 Å². The number of rotatable bonds is 15. The zero-order chi connectivity index (χ0) is 21.5. The fourth-order valence-electron chi connectivity index (χ4n) is 3.44. The molecule has 1 fully saturated rings. The van der Waals surface area contributed by atoms with Gasteiger partial charge in [-0.3, -0.25) is 9.59 Å². The van der Waals surface area contributed by atoms with Crippen LogP contribution in [-0.2, 0) is 28.5 Å². The van der Waals surface area contributed by atoms with Gasteiger partial charge in [-0.05, 0) is 19.3 Å². The lowest BCUT2D eigenvalue weighted by molar-refractivity contribution is -0.241. The molecule has 0 bridgehead atoms. The lowest BCUT2D eigenvalue weighted by Crippen LogP contribution is -2.58. The van der Waals surface area contributed by atoms with Crippen LogP contribution in [0, 0.1) is 0 Å². The molecule has 29 heavy (non-hydrogen) atoms. The fourth-order valence-corrected chi connectivity index (χ4v) is 3.44. The number of nitrogens with one attached hydrogen (secondary N) is 2. The van der Waals surface area contributed by atoms with Crippen molar-refractivity contribution in [2.45, 2.75) is 89.8 Å². The largest absolute Gasteiger partial charge is 0.382 e. The highest BCUT2D eigenvalue weighted by atomic mass is 16.7. The molecule has 0 spiro atoms. The molecule has 2 N–H and O–H groups in total. The highest BCUT2D eigenvalue weighted by Gasteiger charge is 2.40. The summed E-state index contributed by atoms with van der Waals surface area (Å²) < 4.78 is 22.6. The fraction of sp³-hybridized carbons (Fsp3) is 0.905. The van der Waals surface area contributed by atoms with E-state index in [1.54, 1.807) is 14.2 Å². The van der Waals surface area contributed by atoms with Crippen molar-refractivity contribution in [3.63, 3.8) is 0 Å². The van der Waals surface area contributed by atoms with E-state index in [2.05, 4.69) is 17.6 Å². The van der Waals surface area contributed by atoms with Gasteiger partial charge in [0.1, 0.15) is 6.04 Å². The van der Waals surface area contributed by atoms with E-state index >= 15 is 0 Å². The summed E-state index contributed by atoms with van der Waals surface area (Å²) in [7, 11) is 3.24. The second kappa shape index (κ2) is 15.6. The standard InChI is InChI=1S/C21H40N2O6/c1-5-6-7-9-12-22-19(25)11-8-10-13-28-21-20(23-16(2)24)18(27-4)14-17(29-21)15-26-3/h17-18,20-21H,5-15H2,1-4H3,(H,22,25)(H,23,24). The van der Waals surface area contributed by atoms with E-state index in [1.165, 1.54) is 19.8 Å². The Morgan fingerprint density at radius 1 is 1.10 bits per heavy atom. The SMILES string of the molecule is CCCCCCNC(=O)CCCCOC1OC(COC)CC(OC)C1NC(C)=O. The van der Waals surface area contributed by atoms with Gasteiger partial charge < -0.3 is 29.6 Å². The topological polar surface area (TPSA) is 95.1 Å². The van der Waals surface area contributed by atoms with E-state index in [1.807, 2.05) is 0 Å². The van der Waals surface area contributed by atoms with Crippen LogP contribution in [0.1, 0.15) is 65.2 Å². The minimum absolute atomic E-state index is 0.0890. The molecule has 170 valence electrons. The summed E-state index contributed by atoms with van der Waals surface area (Å²) in [5, 5.41) is 5.83. The van der Waals surface area contributed by atoms with Gasteiger partial charge in [-0.2, -0.15) is 0 Å². The van der Waals surface area contributed by atoms with E-state index in [4.69, 9.17) is 18.9 Å². The second-order valence-corrected chi connectivity index (χ2v) is 7.56. The molecule has 1 saturated heterocycles. The summed E-state index contributed by atoms with van der Waals surface area (Å²) in [6.07, 6.45) is 6.22. The minimum atomic E-state index is -0.606. The molecular weight excluding hydrogens is 376 g/mol. The summed E-state index contributed by atoms with van der Waals surface area (Å²) in [6.45, 7) is 5.27. The van der Waals surface area contributed by atoms with Gasteiger partial charge in [0.15, 0.2) is 6.29 Å². The van der Waals surface area contributed by atoms with Crippen LogP contribution in [-0.4, -0.2) is 70.3 Å². The highest BCUT2D eigenvalue weighted by molar-refractivity contribution is 5.75. The molecular formula is C21H40N2O6. The Balaban J connectivity index is 2.34. The van der Waals surface area contributed by atoms with Crippen LogP contribution < -0.4 is 10.6 Å². The van der Waals surface area contributed by atoms with Crippen molar-refractivity contribution >= 4 is 11.8 Å². The maximum absolute atomic E-state index is 11.9. The molecule has 1 aliphatic heterocycles. The zero-order valence-corrected chi connectivity index (χ0v) is 18.5. The average Bonchev–Trinajstić information content (AvgIpc) is 2.68. The molecule has 0 radical (unpaired) electrons. The van der Waals surface area contributed by atoms with E-state index in [0.29, 0.717) is 26.1 Å². The molecule has 0 aliphatic carbocycles. The molecule has 0 aromatic rings. The third-order valence-corrected chi connectivity index (χ3v) is 4.97. The summed E-state index contributed by atoms with van der Waals surface area (Å²) in [5.41, 5.74) is 0. The first kappa shape index (κ1) is 25.8. The molecule has 8 heteroatoms. The number of amides is 2. The van der Waals surface area contributed by atoms with Crippen LogP contribution in [0.3, 0.4) is 0 Å². The summed E-state index contributed by atoms with van der Waals surface area (Å²) in [5.74, 6) is -0.0683. The lowest BCUT2D eigenvalue weighted by Gasteiger charge is -2.41. The highest BCUT2D eigenvalue weighted by Crippen LogP contribution is 2.24. The Bertz CT molecular complexity index is 462. The predicted octanol–water partition coefficient (Wildman–Crippen LogP) is 2.15. The molecule has 0 saturated carbocycles. The number of ether oxygens (including phenoxy) is 4. The molecule has 1 rings (SSSR count). The van der Waals surface area contributed by atoms with Crippen molar-refractivity contribution in [2.75, 3.05) is 34.0 Å². The number of carbonyl (C=O) groups excluding carboxylic acids is 2. The summed E-state index contributed by atoms with van der Waals surface area (Å²) >= 11 is 0. The average molecular weight is 417 g/mol. The number of hydrogen-bond donors (Lipinski definition) is 2. The first-order valence-electron chi connectivity index (χ1n) is 10.8. The van der Waals surface area contributed by atoms with Crippen LogP contribution in [0.15, 0.2) is 0 Å². The van der Waals surface area contributed by atoms with Gasteiger partial charge in [0.05, 0.1) is 18.8 Å². The quantitative estimate of drug-likeness (QED) is 0.397. The Morgan fingerprint density at radius 2 is 1.90 bits per heavy atom. The minimum Gasteiger partial charge on any atom is -0.382 e. The monoisotopic (exact) mass is 416 g/mol. The van der Waals surface area contributed by atoms with Crippen molar-refractivity contribution in [1.29, 1.82) is 0 Å². The maximum Gasteiger partial charge on any atom is 0.219 e. The summed E-state index contributed by atoms with van der Waals surface area (Å²) in [4.78, 5) is 23.4.